The molecule has 3 nitrogen and oxygen atoms in total. The summed E-state index contributed by atoms with van der Waals surface area (Å²) in [6.45, 7) is 4.04. The van der Waals surface area contributed by atoms with Crippen LogP contribution in [0.1, 0.15) is 11.1 Å². The second-order valence-electron chi connectivity index (χ2n) is 3.50. The summed E-state index contributed by atoms with van der Waals surface area (Å²) >= 11 is 1.31. The minimum atomic E-state index is -0.0662. The molecule has 1 N–H and O–H groups in total. The lowest BCUT2D eigenvalue weighted by Gasteiger charge is -2.06. The van der Waals surface area contributed by atoms with Gasteiger partial charge in [0.2, 0.25) is 5.91 Å². The summed E-state index contributed by atoms with van der Waals surface area (Å²) in [5.74, 6) is 0.601. The molecule has 0 aliphatic rings. The van der Waals surface area contributed by atoms with E-state index in [1.807, 2.05) is 38.1 Å². The van der Waals surface area contributed by atoms with Gasteiger partial charge in [-0.25, -0.2) is 0 Å². The summed E-state index contributed by atoms with van der Waals surface area (Å²) in [7, 11) is 0. The number of nitrogens with one attached hydrogen (secondary N) is 1. The largest absolute Gasteiger partial charge is 0.325 e. The van der Waals surface area contributed by atoms with E-state index in [0.29, 0.717) is 11.5 Å². The first-order chi connectivity index (χ1) is 7.63. The first-order valence-electron chi connectivity index (χ1n) is 4.95. The molecule has 0 heterocycles. The van der Waals surface area contributed by atoms with Crippen molar-refractivity contribution in [2.24, 2.45) is 0 Å². The molecule has 0 spiro atoms. The highest BCUT2D eigenvalue weighted by molar-refractivity contribution is 8.00. The Hall–Kier alpha value is -1.47. The van der Waals surface area contributed by atoms with Crippen molar-refractivity contribution < 1.29 is 4.79 Å². The van der Waals surface area contributed by atoms with E-state index in [1.54, 1.807) is 0 Å². The molecule has 84 valence electrons. The van der Waals surface area contributed by atoms with E-state index in [-0.39, 0.29) is 5.91 Å². The monoisotopic (exact) mass is 234 g/mol. The van der Waals surface area contributed by atoms with Gasteiger partial charge in [-0.2, -0.15) is 5.26 Å². The van der Waals surface area contributed by atoms with E-state index in [1.165, 1.54) is 17.3 Å². The first kappa shape index (κ1) is 12.6. The van der Waals surface area contributed by atoms with Crippen molar-refractivity contribution in [3.05, 3.63) is 29.3 Å². The Balaban J connectivity index is 2.50. The number of anilines is 1. The number of aryl methyl sites for hydroxylation is 2. The first-order valence-corrected chi connectivity index (χ1v) is 6.10. The number of carbonyl (C=O) groups is 1. The number of carbonyl (C=O) groups excluding carboxylic acids is 1. The minimum absolute atomic E-state index is 0.0662. The second-order valence-corrected chi connectivity index (χ2v) is 4.48. The van der Waals surface area contributed by atoms with Gasteiger partial charge >= 0.3 is 0 Å². The zero-order valence-corrected chi connectivity index (χ0v) is 10.2. The zero-order chi connectivity index (χ0) is 12.0. The smallest absolute Gasteiger partial charge is 0.234 e. The van der Waals surface area contributed by atoms with E-state index in [4.69, 9.17) is 5.26 Å². The molecule has 1 aromatic rings. The average Bonchev–Trinajstić information content (AvgIpc) is 2.24. The highest BCUT2D eigenvalue weighted by atomic mass is 32.2. The van der Waals surface area contributed by atoms with Crippen LogP contribution in [0, 0.1) is 25.2 Å². The molecule has 1 aromatic carbocycles. The van der Waals surface area contributed by atoms with Crippen LogP contribution in [0.4, 0.5) is 5.69 Å². The molecule has 16 heavy (non-hydrogen) atoms. The molecule has 0 atom stereocenters. The standard InChI is InChI=1S/C12H14N2OS/c1-9-3-4-11(7-10(9)2)14-12(15)8-16-6-5-13/h3-4,7H,6,8H2,1-2H3,(H,14,15). The minimum Gasteiger partial charge on any atom is -0.325 e. The fourth-order valence-corrected chi connectivity index (χ4v) is 1.66. The van der Waals surface area contributed by atoms with Crippen LogP contribution in [0.5, 0.6) is 0 Å². The molecule has 1 rings (SSSR count). The van der Waals surface area contributed by atoms with Crippen LogP contribution in [-0.2, 0) is 4.79 Å². The third-order valence-corrected chi connectivity index (χ3v) is 2.99. The number of rotatable bonds is 4. The SMILES string of the molecule is Cc1ccc(NC(=O)CSCC#N)cc1C. The van der Waals surface area contributed by atoms with E-state index in [0.717, 1.165) is 11.3 Å². The van der Waals surface area contributed by atoms with Gasteiger partial charge in [0, 0.05) is 5.69 Å². The van der Waals surface area contributed by atoms with Gasteiger partial charge < -0.3 is 5.32 Å². The van der Waals surface area contributed by atoms with Gasteiger partial charge in [0.15, 0.2) is 0 Å². The number of nitriles is 1. The number of hydrogen-bond acceptors (Lipinski definition) is 3. The van der Waals surface area contributed by atoms with Crippen LogP contribution in [0.2, 0.25) is 0 Å². The maximum absolute atomic E-state index is 11.4. The molecule has 0 aromatic heterocycles. The Morgan fingerprint density at radius 3 is 2.81 bits per heavy atom. The molecule has 0 aliphatic heterocycles. The normalized spacial score (nSPS) is 9.56. The Labute approximate surface area is 99.8 Å². The molecular formula is C12H14N2OS. The van der Waals surface area contributed by atoms with Crippen LogP contribution < -0.4 is 5.32 Å². The summed E-state index contributed by atoms with van der Waals surface area (Å²) in [6.07, 6.45) is 0. The Kier molecular flexibility index (Phi) is 4.87. The third-order valence-electron chi connectivity index (χ3n) is 2.19. The predicted molar refractivity (Wildman–Crippen MR) is 67.5 cm³/mol. The number of amides is 1. The third kappa shape index (κ3) is 3.95. The topological polar surface area (TPSA) is 52.9 Å². The molecule has 0 saturated heterocycles. The summed E-state index contributed by atoms with van der Waals surface area (Å²) in [6, 6.07) is 7.80. The molecule has 0 radical (unpaired) electrons. The molecular weight excluding hydrogens is 220 g/mol. The lowest BCUT2D eigenvalue weighted by Crippen LogP contribution is -2.14. The van der Waals surface area contributed by atoms with Crippen molar-refractivity contribution >= 4 is 23.4 Å². The van der Waals surface area contributed by atoms with Gasteiger partial charge in [0.1, 0.15) is 0 Å². The summed E-state index contributed by atoms with van der Waals surface area (Å²) in [5.41, 5.74) is 3.17. The fraction of sp³-hybridized carbons (Fsp3) is 0.333. The Bertz CT molecular complexity index is 424. The van der Waals surface area contributed by atoms with Crippen LogP contribution in [0.15, 0.2) is 18.2 Å². The van der Waals surface area contributed by atoms with Crippen molar-refractivity contribution in [1.29, 1.82) is 5.26 Å². The quantitative estimate of drug-likeness (QED) is 0.814. The molecule has 1 amide bonds. The summed E-state index contributed by atoms with van der Waals surface area (Å²) in [5, 5.41) is 11.1. The van der Waals surface area contributed by atoms with Crippen molar-refractivity contribution in [2.45, 2.75) is 13.8 Å². The number of hydrogen-bond donors (Lipinski definition) is 1. The van der Waals surface area contributed by atoms with Crippen LogP contribution in [-0.4, -0.2) is 17.4 Å². The molecule has 4 heteroatoms. The van der Waals surface area contributed by atoms with Crippen LogP contribution in [0.25, 0.3) is 0 Å². The maximum atomic E-state index is 11.4. The average molecular weight is 234 g/mol. The second kappa shape index (κ2) is 6.19. The molecule has 0 bridgehead atoms. The van der Waals surface area contributed by atoms with Crippen molar-refractivity contribution in [1.82, 2.24) is 0 Å². The highest BCUT2D eigenvalue weighted by Gasteiger charge is 2.03. The summed E-state index contributed by atoms with van der Waals surface area (Å²) < 4.78 is 0. The van der Waals surface area contributed by atoms with Crippen molar-refractivity contribution in [2.75, 3.05) is 16.8 Å². The molecule has 0 fully saturated rings. The van der Waals surface area contributed by atoms with Gasteiger partial charge in [-0.05, 0) is 37.1 Å². The van der Waals surface area contributed by atoms with E-state index < -0.39 is 0 Å². The van der Waals surface area contributed by atoms with Gasteiger partial charge in [0.05, 0.1) is 17.6 Å². The summed E-state index contributed by atoms with van der Waals surface area (Å²) in [4.78, 5) is 11.4. The van der Waals surface area contributed by atoms with E-state index >= 15 is 0 Å². The lowest BCUT2D eigenvalue weighted by molar-refractivity contribution is -0.113. The van der Waals surface area contributed by atoms with Crippen LogP contribution in [0.3, 0.4) is 0 Å². The van der Waals surface area contributed by atoms with Crippen molar-refractivity contribution in [3.63, 3.8) is 0 Å². The van der Waals surface area contributed by atoms with Gasteiger partial charge in [-0.1, -0.05) is 6.07 Å². The predicted octanol–water partition coefficient (Wildman–Crippen LogP) is 2.50. The molecule has 0 aliphatic carbocycles. The fourth-order valence-electron chi connectivity index (χ4n) is 1.21. The lowest BCUT2D eigenvalue weighted by atomic mass is 10.1. The molecule has 0 unspecified atom stereocenters. The van der Waals surface area contributed by atoms with E-state index in [9.17, 15) is 4.79 Å². The van der Waals surface area contributed by atoms with Gasteiger partial charge in [-0.15, -0.1) is 11.8 Å². The van der Waals surface area contributed by atoms with E-state index in [2.05, 4.69) is 5.32 Å². The van der Waals surface area contributed by atoms with Gasteiger partial charge in [0.25, 0.3) is 0 Å². The maximum Gasteiger partial charge on any atom is 0.234 e. The molecule has 0 saturated carbocycles. The number of benzene rings is 1. The number of nitrogens with zero attached hydrogens (tertiary/aromatic N) is 1. The highest BCUT2D eigenvalue weighted by Crippen LogP contribution is 2.14. The number of thioether (sulfide) groups is 1. The Morgan fingerprint density at radius 1 is 1.44 bits per heavy atom. The Morgan fingerprint density at radius 2 is 2.19 bits per heavy atom. The zero-order valence-electron chi connectivity index (χ0n) is 9.41. The van der Waals surface area contributed by atoms with Crippen LogP contribution >= 0.6 is 11.8 Å². The van der Waals surface area contributed by atoms with Crippen molar-refractivity contribution in [3.8, 4) is 6.07 Å². The van der Waals surface area contributed by atoms with Gasteiger partial charge in [-0.3, -0.25) is 4.79 Å².